The van der Waals surface area contributed by atoms with Crippen LogP contribution < -0.4 is 10.6 Å². The molecule has 1 atom stereocenters. The Morgan fingerprint density at radius 3 is 2.62 bits per heavy atom. The van der Waals surface area contributed by atoms with Crippen LogP contribution in [0.4, 0.5) is 0 Å². The van der Waals surface area contributed by atoms with Gasteiger partial charge in [-0.05, 0) is 44.5 Å². The molecule has 1 fully saturated rings. The highest BCUT2D eigenvalue weighted by molar-refractivity contribution is 6.31. The maximum absolute atomic E-state index is 6.16. The topological polar surface area (TPSA) is 39.7 Å². The van der Waals surface area contributed by atoms with E-state index in [0.717, 1.165) is 29.0 Å². The predicted octanol–water partition coefficient (Wildman–Crippen LogP) is 2.35. The number of halogens is 1. The molecular weight excluding hydrogens is 284 g/mol. The lowest BCUT2D eigenvalue weighted by Crippen LogP contribution is -2.45. The zero-order valence-corrected chi connectivity index (χ0v) is 13.8. The molecular formula is C16H25ClN4. The molecule has 5 heteroatoms. The third kappa shape index (κ3) is 4.90. The van der Waals surface area contributed by atoms with Crippen molar-refractivity contribution in [2.75, 3.05) is 27.7 Å². The number of rotatable bonds is 6. The number of aliphatic imine (C=N–C) groups is 1. The number of benzene rings is 1. The summed E-state index contributed by atoms with van der Waals surface area (Å²) in [6.45, 7) is 1.59. The van der Waals surface area contributed by atoms with Crippen molar-refractivity contribution in [1.29, 1.82) is 0 Å². The van der Waals surface area contributed by atoms with E-state index in [2.05, 4.69) is 34.6 Å². The summed E-state index contributed by atoms with van der Waals surface area (Å²) in [5.74, 6) is 1.65. The van der Waals surface area contributed by atoms with Crippen LogP contribution in [0.15, 0.2) is 29.3 Å². The van der Waals surface area contributed by atoms with E-state index in [1.54, 1.807) is 7.05 Å². The van der Waals surface area contributed by atoms with Crippen molar-refractivity contribution in [2.24, 2.45) is 10.9 Å². The zero-order chi connectivity index (χ0) is 15.2. The number of nitrogens with one attached hydrogen (secondary N) is 2. The van der Waals surface area contributed by atoms with Gasteiger partial charge in [-0.2, -0.15) is 0 Å². The molecule has 2 rings (SSSR count). The van der Waals surface area contributed by atoms with Crippen LogP contribution in [0.3, 0.4) is 0 Å². The molecule has 1 aliphatic carbocycles. The minimum absolute atomic E-state index is 0.573. The zero-order valence-electron chi connectivity index (χ0n) is 13.1. The first kappa shape index (κ1) is 16.1. The minimum Gasteiger partial charge on any atom is -0.355 e. The summed E-state index contributed by atoms with van der Waals surface area (Å²) in [6, 6.07) is 8.44. The van der Waals surface area contributed by atoms with Gasteiger partial charge in [0.1, 0.15) is 0 Å². The third-order valence-corrected chi connectivity index (χ3v) is 4.30. The van der Waals surface area contributed by atoms with Gasteiger partial charge in [-0.3, -0.25) is 4.99 Å². The normalized spacial score (nSPS) is 16.9. The molecule has 0 saturated heterocycles. The predicted molar refractivity (Wildman–Crippen MR) is 89.9 cm³/mol. The Kier molecular flexibility index (Phi) is 5.88. The Morgan fingerprint density at radius 1 is 1.33 bits per heavy atom. The Morgan fingerprint density at radius 2 is 2.05 bits per heavy atom. The van der Waals surface area contributed by atoms with Crippen LogP contribution >= 0.6 is 11.6 Å². The van der Waals surface area contributed by atoms with Gasteiger partial charge in [0, 0.05) is 31.2 Å². The second-order valence-corrected chi connectivity index (χ2v) is 6.17. The lowest BCUT2D eigenvalue weighted by atomic mass is 10.1. The van der Waals surface area contributed by atoms with Crippen molar-refractivity contribution >= 4 is 17.6 Å². The van der Waals surface area contributed by atoms with Gasteiger partial charge in [0.15, 0.2) is 5.96 Å². The smallest absolute Gasteiger partial charge is 0.191 e. The SMILES string of the molecule is CN=C(NCc1ccccc1Cl)NCC(C1CC1)N(C)C. The van der Waals surface area contributed by atoms with Crippen molar-refractivity contribution in [3.8, 4) is 0 Å². The van der Waals surface area contributed by atoms with E-state index in [9.17, 15) is 0 Å². The van der Waals surface area contributed by atoms with Gasteiger partial charge >= 0.3 is 0 Å². The van der Waals surface area contributed by atoms with E-state index in [-0.39, 0.29) is 0 Å². The molecule has 0 spiro atoms. The fourth-order valence-electron chi connectivity index (χ4n) is 2.49. The largest absolute Gasteiger partial charge is 0.355 e. The fraction of sp³-hybridized carbons (Fsp3) is 0.562. The average Bonchev–Trinajstić information content (AvgIpc) is 3.28. The van der Waals surface area contributed by atoms with Gasteiger partial charge in [0.2, 0.25) is 0 Å². The minimum atomic E-state index is 0.573. The average molecular weight is 309 g/mol. The number of guanidine groups is 1. The molecule has 1 aliphatic rings. The molecule has 1 aromatic carbocycles. The third-order valence-electron chi connectivity index (χ3n) is 3.94. The van der Waals surface area contributed by atoms with Crippen LogP contribution in [0, 0.1) is 5.92 Å². The second kappa shape index (κ2) is 7.66. The van der Waals surface area contributed by atoms with Crippen molar-refractivity contribution in [3.63, 3.8) is 0 Å². The Labute approximate surface area is 132 Å². The van der Waals surface area contributed by atoms with Gasteiger partial charge in [-0.15, -0.1) is 0 Å². The van der Waals surface area contributed by atoms with Crippen LogP contribution in [-0.2, 0) is 6.54 Å². The van der Waals surface area contributed by atoms with Crippen LogP contribution in [0.1, 0.15) is 18.4 Å². The number of hydrogen-bond acceptors (Lipinski definition) is 2. The van der Waals surface area contributed by atoms with Crippen molar-refractivity contribution in [2.45, 2.75) is 25.4 Å². The summed E-state index contributed by atoms with van der Waals surface area (Å²) in [5, 5.41) is 7.51. The first-order valence-corrected chi connectivity index (χ1v) is 7.84. The van der Waals surface area contributed by atoms with E-state index in [1.165, 1.54) is 12.8 Å². The van der Waals surface area contributed by atoms with E-state index < -0.39 is 0 Å². The Hall–Kier alpha value is -1.26. The molecule has 21 heavy (non-hydrogen) atoms. The Bertz CT molecular complexity index is 481. The molecule has 1 aromatic rings. The molecule has 0 aromatic heterocycles. The first-order chi connectivity index (χ1) is 10.1. The summed E-state index contributed by atoms with van der Waals surface area (Å²) in [5.41, 5.74) is 1.08. The van der Waals surface area contributed by atoms with Gasteiger partial charge in [-0.1, -0.05) is 29.8 Å². The van der Waals surface area contributed by atoms with E-state index in [1.807, 2.05) is 24.3 Å². The van der Waals surface area contributed by atoms with Gasteiger partial charge in [0.05, 0.1) is 0 Å². The van der Waals surface area contributed by atoms with E-state index in [4.69, 9.17) is 11.6 Å². The summed E-state index contributed by atoms with van der Waals surface area (Å²) in [4.78, 5) is 6.57. The standard InChI is InChI=1S/C16H25ClN4/c1-18-16(19-10-13-6-4-5-7-14(13)17)20-11-15(21(2)3)12-8-9-12/h4-7,12,15H,8-11H2,1-3H3,(H2,18,19,20). The summed E-state index contributed by atoms with van der Waals surface area (Å²) < 4.78 is 0. The molecule has 1 saturated carbocycles. The van der Waals surface area contributed by atoms with Gasteiger partial charge < -0.3 is 15.5 Å². The van der Waals surface area contributed by atoms with E-state index in [0.29, 0.717) is 12.6 Å². The van der Waals surface area contributed by atoms with Crippen LogP contribution in [0.5, 0.6) is 0 Å². The lowest BCUT2D eigenvalue weighted by Gasteiger charge is -2.25. The Balaban J connectivity index is 1.82. The molecule has 0 radical (unpaired) electrons. The molecule has 116 valence electrons. The quantitative estimate of drug-likeness (QED) is 0.626. The molecule has 0 aliphatic heterocycles. The van der Waals surface area contributed by atoms with Crippen LogP contribution in [-0.4, -0.2) is 44.6 Å². The molecule has 1 unspecified atom stereocenters. The van der Waals surface area contributed by atoms with Crippen molar-refractivity contribution in [1.82, 2.24) is 15.5 Å². The van der Waals surface area contributed by atoms with Gasteiger partial charge in [-0.25, -0.2) is 0 Å². The highest BCUT2D eigenvalue weighted by Gasteiger charge is 2.32. The number of likely N-dealkylation sites (N-methyl/N-ethyl adjacent to an activating group) is 1. The maximum Gasteiger partial charge on any atom is 0.191 e. The monoisotopic (exact) mass is 308 g/mol. The number of nitrogens with zero attached hydrogens (tertiary/aromatic N) is 2. The highest BCUT2D eigenvalue weighted by atomic mass is 35.5. The number of hydrogen-bond donors (Lipinski definition) is 2. The van der Waals surface area contributed by atoms with Crippen molar-refractivity contribution in [3.05, 3.63) is 34.9 Å². The molecule has 2 N–H and O–H groups in total. The molecule has 0 bridgehead atoms. The van der Waals surface area contributed by atoms with Crippen LogP contribution in [0.25, 0.3) is 0 Å². The summed E-state index contributed by atoms with van der Waals surface area (Å²) in [7, 11) is 6.08. The van der Waals surface area contributed by atoms with E-state index >= 15 is 0 Å². The van der Waals surface area contributed by atoms with Gasteiger partial charge in [0.25, 0.3) is 0 Å². The summed E-state index contributed by atoms with van der Waals surface area (Å²) in [6.07, 6.45) is 2.69. The van der Waals surface area contributed by atoms with Crippen LogP contribution in [0.2, 0.25) is 5.02 Å². The second-order valence-electron chi connectivity index (χ2n) is 5.77. The molecule has 0 heterocycles. The molecule has 4 nitrogen and oxygen atoms in total. The highest BCUT2D eigenvalue weighted by Crippen LogP contribution is 2.34. The maximum atomic E-state index is 6.16. The fourth-order valence-corrected chi connectivity index (χ4v) is 2.70. The molecule has 0 amide bonds. The first-order valence-electron chi connectivity index (χ1n) is 7.46. The lowest BCUT2D eigenvalue weighted by molar-refractivity contribution is 0.264. The van der Waals surface area contributed by atoms with Crippen molar-refractivity contribution < 1.29 is 0 Å². The summed E-state index contributed by atoms with van der Waals surface area (Å²) >= 11 is 6.16.